The molecule has 0 saturated heterocycles. The Morgan fingerprint density at radius 2 is 1.06 bits per heavy atom. The molecule has 0 aromatic carbocycles. The Kier molecular flexibility index (Phi) is 11.9. The summed E-state index contributed by atoms with van der Waals surface area (Å²) in [4.78, 5) is 0. The molecule has 0 aliphatic heterocycles. The van der Waals surface area contributed by atoms with Gasteiger partial charge < -0.3 is 0 Å². The van der Waals surface area contributed by atoms with Gasteiger partial charge in [-0.25, -0.2) is 0 Å². The number of hydrogen-bond acceptors (Lipinski definition) is 3. The first-order valence-corrected chi connectivity index (χ1v) is 8.47. The molecule has 0 fully saturated rings. The van der Waals surface area contributed by atoms with E-state index in [1.807, 2.05) is 0 Å². The summed E-state index contributed by atoms with van der Waals surface area (Å²) in [5.74, 6) is 3.06. The van der Waals surface area contributed by atoms with Crippen molar-refractivity contribution in [3.63, 3.8) is 0 Å². The summed E-state index contributed by atoms with van der Waals surface area (Å²) in [6.07, 6.45) is 10.4. The fraction of sp³-hybridized carbons (Fsp3) is 1.00. The maximum Gasteiger partial charge on any atom is -0.00977 e. The molecule has 0 amide bonds. The topological polar surface area (TPSA) is 0 Å². The minimum absolute atomic E-state index is 0.558. The largest absolute Gasteiger partial charge is 0.179 e. The van der Waals surface area contributed by atoms with Gasteiger partial charge in [0.2, 0.25) is 0 Å². The smallest absolute Gasteiger partial charge is 0.00977 e. The first kappa shape index (κ1) is 17.1. The van der Waals surface area contributed by atoms with Gasteiger partial charge in [0, 0.05) is 0 Å². The summed E-state index contributed by atoms with van der Waals surface area (Å²) in [7, 11) is 0. The molecule has 0 bridgehead atoms. The van der Waals surface area contributed by atoms with Gasteiger partial charge in [0.15, 0.2) is 0 Å². The van der Waals surface area contributed by atoms with Crippen molar-refractivity contribution in [1.82, 2.24) is 0 Å². The van der Waals surface area contributed by atoms with Crippen LogP contribution in [0.25, 0.3) is 0 Å². The SMILES string of the molecule is CCCC(CCCS)(CCCS)CCCS. The molecule has 0 rings (SSSR count). The van der Waals surface area contributed by atoms with Crippen LogP contribution in [0.5, 0.6) is 0 Å². The van der Waals surface area contributed by atoms with Gasteiger partial charge in [-0.05, 0) is 67.6 Å². The maximum absolute atomic E-state index is 4.35. The molecule has 0 spiro atoms. The van der Waals surface area contributed by atoms with Gasteiger partial charge in [-0.1, -0.05) is 13.3 Å². The van der Waals surface area contributed by atoms with Crippen molar-refractivity contribution >= 4 is 37.9 Å². The Morgan fingerprint density at radius 3 is 1.31 bits per heavy atom. The maximum atomic E-state index is 4.35. The molecule has 0 saturated carbocycles. The lowest BCUT2D eigenvalue weighted by Gasteiger charge is -2.34. The molecule has 0 unspecified atom stereocenters. The van der Waals surface area contributed by atoms with E-state index < -0.39 is 0 Å². The summed E-state index contributed by atoms with van der Waals surface area (Å²) in [6, 6.07) is 0. The van der Waals surface area contributed by atoms with E-state index in [-0.39, 0.29) is 0 Å². The van der Waals surface area contributed by atoms with Crippen LogP contribution >= 0.6 is 37.9 Å². The van der Waals surface area contributed by atoms with Crippen molar-refractivity contribution in [2.24, 2.45) is 5.41 Å². The first-order chi connectivity index (χ1) is 7.74. The zero-order valence-electron chi connectivity index (χ0n) is 10.6. The second kappa shape index (κ2) is 11.2. The van der Waals surface area contributed by atoms with Crippen LogP contribution in [0.2, 0.25) is 0 Å². The Labute approximate surface area is 119 Å². The summed E-state index contributed by atoms with van der Waals surface area (Å²) in [5, 5.41) is 0. The van der Waals surface area contributed by atoms with Gasteiger partial charge in [0.25, 0.3) is 0 Å². The van der Waals surface area contributed by atoms with Crippen molar-refractivity contribution in [2.75, 3.05) is 17.3 Å². The fourth-order valence-corrected chi connectivity index (χ4v) is 3.12. The van der Waals surface area contributed by atoms with E-state index in [0.717, 1.165) is 17.3 Å². The van der Waals surface area contributed by atoms with E-state index in [0.29, 0.717) is 5.41 Å². The van der Waals surface area contributed by atoms with Crippen LogP contribution in [-0.2, 0) is 0 Å². The molecule has 0 aromatic rings. The second-order valence-corrected chi connectivity index (χ2v) is 6.07. The molecule has 0 nitrogen and oxygen atoms in total. The van der Waals surface area contributed by atoms with Crippen LogP contribution in [0.4, 0.5) is 0 Å². The minimum atomic E-state index is 0.558. The lowest BCUT2D eigenvalue weighted by Crippen LogP contribution is -2.21. The van der Waals surface area contributed by atoms with Gasteiger partial charge in [-0.15, -0.1) is 0 Å². The minimum Gasteiger partial charge on any atom is -0.179 e. The highest BCUT2D eigenvalue weighted by atomic mass is 32.1. The van der Waals surface area contributed by atoms with Crippen LogP contribution in [0.1, 0.15) is 58.3 Å². The van der Waals surface area contributed by atoms with E-state index in [1.165, 1.54) is 51.4 Å². The predicted octanol–water partition coefficient (Wildman–Crippen LogP) is 4.90. The highest BCUT2D eigenvalue weighted by Crippen LogP contribution is 2.40. The van der Waals surface area contributed by atoms with E-state index in [2.05, 4.69) is 44.8 Å². The van der Waals surface area contributed by atoms with Crippen LogP contribution in [-0.4, -0.2) is 17.3 Å². The molecule has 16 heavy (non-hydrogen) atoms. The summed E-state index contributed by atoms with van der Waals surface area (Å²) in [5.41, 5.74) is 0.558. The number of thiol groups is 3. The van der Waals surface area contributed by atoms with Crippen molar-refractivity contribution in [1.29, 1.82) is 0 Å². The molecule has 3 heteroatoms. The Morgan fingerprint density at radius 1 is 0.688 bits per heavy atom. The van der Waals surface area contributed by atoms with Gasteiger partial charge in [-0.2, -0.15) is 37.9 Å². The molecule has 0 aliphatic carbocycles. The van der Waals surface area contributed by atoms with Crippen molar-refractivity contribution in [2.45, 2.75) is 58.3 Å². The van der Waals surface area contributed by atoms with Gasteiger partial charge in [0.05, 0.1) is 0 Å². The molecule has 98 valence electrons. The van der Waals surface area contributed by atoms with Gasteiger partial charge in [-0.3, -0.25) is 0 Å². The van der Waals surface area contributed by atoms with E-state index in [4.69, 9.17) is 0 Å². The molecular weight excluding hydrogens is 252 g/mol. The monoisotopic (exact) mass is 280 g/mol. The summed E-state index contributed by atoms with van der Waals surface area (Å²) >= 11 is 13.1. The van der Waals surface area contributed by atoms with Gasteiger partial charge in [0.1, 0.15) is 0 Å². The summed E-state index contributed by atoms with van der Waals surface area (Å²) < 4.78 is 0. The van der Waals surface area contributed by atoms with E-state index >= 15 is 0 Å². The lowest BCUT2D eigenvalue weighted by molar-refractivity contribution is 0.192. The Balaban J connectivity index is 4.32. The van der Waals surface area contributed by atoms with Crippen molar-refractivity contribution in [3.8, 4) is 0 Å². The predicted molar refractivity (Wildman–Crippen MR) is 86.6 cm³/mol. The second-order valence-electron chi connectivity index (χ2n) is 4.73. The van der Waals surface area contributed by atoms with E-state index in [9.17, 15) is 0 Å². The molecule has 0 N–H and O–H groups in total. The first-order valence-electron chi connectivity index (χ1n) is 6.57. The standard InChI is InChI=1S/C13H28S3/c1-2-6-13(7-3-10-14,8-4-11-15)9-5-12-16/h14-16H,2-12H2,1H3. The zero-order chi connectivity index (χ0) is 12.3. The third-order valence-corrected chi connectivity index (χ3v) is 4.32. The van der Waals surface area contributed by atoms with Crippen LogP contribution < -0.4 is 0 Å². The highest BCUT2D eigenvalue weighted by Gasteiger charge is 2.27. The zero-order valence-corrected chi connectivity index (χ0v) is 13.3. The van der Waals surface area contributed by atoms with Crippen LogP contribution in [0.3, 0.4) is 0 Å². The van der Waals surface area contributed by atoms with Gasteiger partial charge >= 0.3 is 0 Å². The molecule has 0 aliphatic rings. The van der Waals surface area contributed by atoms with Crippen molar-refractivity contribution < 1.29 is 0 Å². The quantitative estimate of drug-likeness (QED) is 0.440. The third kappa shape index (κ3) is 7.39. The molecular formula is C13H28S3. The Bertz CT molecular complexity index is 126. The summed E-state index contributed by atoms with van der Waals surface area (Å²) in [6.45, 7) is 2.30. The third-order valence-electron chi connectivity index (χ3n) is 3.38. The number of rotatable bonds is 11. The highest BCUT2D eigenvalue weighted by molar-refractivity contribution is 7.80. The molecule has 0 heterocycles. The molecule has 0 aromatic heterocycles. The molecule has 0 atom stereocenters. The average molecular weight is 281 g/mol. The van der Waals surface area contributed by atoms with Crippen LogP contribution in [0.15, 0.2) is 0 Å². The normalized spacial score (nSPS) is 12.0. The number of hydrogen-bond donors (Lipinski definition) is 3. The lowest BCUT2D eigenvalue weighted by atomic mass is 9.72. The Hall–Kier alpha value is 1.05. The van der Waals surface area contributed by atoms with Crippen molar-refractivity contribution in [3.05, 3.63) is 0 Å². The van der Waals surface area contributed by atoms with E-state index in [1.54, 1.807) is 0 Å². The van der Waals surface area contributed by atoms with Crippen LogP contribution in [0, 0.1) is 5.41 Å². The molecule has 0 radical (unpaired) electrons. The fourth-order valence-electron chi connectivity index (χ4n) is 2.64. The average Bonchev–Trinajstić information content (AvgIpc) is 2.31.